The summed E-state index contributed by atoms with van der Waals surface area (Å²) in [7, 11) is 0. The van der Waals surface area contributed by atoms with Crippen LogP contribution in [0.1, 0.15) is 6.92 Å². The molecule has 0 saturated heterocycles. The Bertz CT molecular complexity index is 667. The van der Waals surface area contributed by atoms with Crippen LogP contribution in [0.5, 0.6) is 5.88 Å². The molecule has 3 heterocycles. The van der Waals surface area contributed by atoms with Crippen molar-refractivity contribution in [1.82, 2.24) is 15.0 Å². The van der Waals surface area contributed by atoms with Gasteiger partial charge in [-0.2, -0.15) is 0 Å². The summed E-state index contributed by atoms with van der Waals surface area (Å²) >= 11 is 1.61. The summed E-state index contributed by atoms with van der Waals surface area (Å²) in [6.07, 6.45) is 1.72. The molecule has 0 aliphatic carbocycles. The maximum absolute atomic E-state index is 5.57. The zero-order valence-electron chi connectivity index (χ0n) is 9.83. The normalized spacial score (nSPS) is 10.7. The van der Waals surface area contributed by atoms with Crippen molar-refractivity contribution in [3.63, 3.8) is 0 Å². The third kappa shape index (κ3) is 1.93. The van der Waals surface area contributed by atoms with Gasteiger partial charge in [-0.15, -0.1) is 11.3 Å². The zero-order valence-corrected chi connectivity index (χ0v) is 10.6. The number of ether oxygens (including phenoxy) is 1. The Morgan fingerprint density at radius 1 is 1.22 bits per heavy atom. The number of rotatable bonds is 3. The van der Waals surface area contributed by atoms with Crippen molar-refractivity contribution in [2.45, 2.75) is 6.92 Å². The van der Waals surface area contributed by atoms with Crippen molar-refractivity contribution in [3.8, 4) is 16.5 Å². The van der Waals surface area contributed by atoms with Crippen LogP contribution < -0.4 is 4.74 Å². The lowest BCUT2D eigenvalue weighted by atomic mass is 10.3. The number of nitrogens with zero attached hydrogens (tertiary/aromatic N) is 3. The average molecular weight is 257 g/mol. The number of aromatic nitrogens is 3. The number of pyridine rings is 1. The predicted molar refractivity (Wildman–Crippen MR) is 71.8 cm³/mol. The Balaban J connectivity index is 2.24. The molecule has 0 aliphatic heterocycles. The highest BCUT2D eigenvalue weighted by Crippen LogP contribution is 2.31. The molecule has 0 amide bonds. The molecule has 4 nitrogen and oxygen atoms in total. The van der Waals surface area contributed by atoms with Crippen molar-refractivity contribution in [2.75, 3.05) is 6.61 Å². The second kappa shape index (κ2) is 4.70. The molecule has 0 unspecified atom stereocenters. The minimum Gasteiger partial charge on any atom is -0.476 e. The highest BCUT2D eigenvalue weighted by Gasteiger charge is 2.13. The molecule has 3 rings (SSSR count). The van der Waals surface area contributed by atoms with Gasteiger partial charge < -0.3 is 4.74 Å². The highest BCUT2D eigenvalue weighted by molar-refractivity contribution is 7.13. The lowest BCUT2D eigenvalue weighted by Gasteiger charge is -2.07. The van der Waals surface area contributed by atoms with E-state index in [0.29, 0.717) is 18.1 Å². The van der Waals surface area contributed by atoms with E-state index in [9.17, 15) is 0 Å². The minimum absolute atomic E-state index is 0.568. The molecule has 0 aliphatic rings. The van der Waals surface area contributed by atoms with Gasteiger partial charge in [-0.05, 0) is 30.5 Å². The van der Waals surface area contributed by atoms with E-state index in [4.69, 9.17) is 4.74 Å². The summed E-state index contributed by atoms with van der Waals surface area (Å²) in [5, 5.41) is 2.01. The van der Waals surface area contributed by atoms with Crippen LogP contribution in [0.2, 0.25) is 0 Å². The van der Waals surface area contributed by atoms with Crippen molar-refractivity contribution in [2.24, 2.45) is 0 Å². The van der Waals surface area contributed by atoms with Gasteiger partial charge in [0.25, 0.3) is 0 Å². The Kier molecular flexibility index (Phi) is 2.90. The summed E-state index contributed by atoms with van der Waals surface area (Å²) in [5.74, 6) is 0.570. The smallest absolute Gasteiger partial charge is 0.242 e. The van der Waals surface area contributed by atoms with E-state index >= 15 is 0 Å². The van der Waals surface area contributed by atoms with Crippen molar-refractivity contribution in [3.05, 3.63) is 35.8 Å². The third-order valence-electron chi connectivity index (χ3n) is 2.44. The Hall–Kier alpha value is -2.01. The van der Waals surface area contributed by atoms with E-state index in [-0.39, 0.29) is 0 Å². The van der Waals surface area contributed by atoms with Gasteiger partial charge in [0.2, 0.25) is 5.88 Å². The lowest BCUT2D eigenvalue weighted by Crippen LogP contribution is -2.00. The molecule has 5 heteroatoms. The van der Waals surface area contributed by atoms with Crippen LogP contribution in [0, 0.1) is 0 Å². The van der Waals surface area contributed by atoms with Crippen LogP contribution in [0.4, 0.5) is 0 Å². The highest BCUT2D eigenvalue weighted by atomic mass is 32.1. The molecule has 3 aromatic rings. The van der Waals surface area contributed by atoms with E-state index < -0.39 is 0 Å². The van der Waals surface area contributed by atoms with Crippen LogP contribution in [-0.2, 0) is 0 Å². The standard InChI is InChI=1S/C13H11N3OS/c1-2-17-13-11(10-6-4-8-18-10)16-12-9(15-13)5-3-7-14-12/h3-8H,2H2,1H3. The maximum atomic E-state index is 5.57. The molecule has 3 aromatic heterocycles. The monoisotopic (exact) mass is 257 g/mol. The second-order valence-electron chi connectivity index (χ2n) is 3.63. The summed E-state index contributed by atoms with van der Waals surface area (Å²) in [6, 6.07) is 7.72. The Labute approximate surface area is 108 Å². The van der Waals surface area contributed by atoms with Crippen LogP contribution >= 0.6 is 11.3 Å². The lowest BCUT2D eigenvalue weighted by molar-refractivity contribution is 0.328. The van der Waals surface area contributed by atoms with Crippen molar-refractivity contribution < 1.29 is 4.74 Å². The van der Waals surface area contributed by atoms with Crippen LogP contribution in [0.3, 0.4) is 0 Å². The van der Waals surface area contributed by atoms with Crippen LogP contribution in [-0.4, -0.2) is 21.6 Å². The van der Waals surface area contributed by atoms with E-state index in [0.717, 1.165) is 16.1 Å². The number of fused-ring (bicyclic) bond motifs is 1. The molecule has 0 saturated carbocycles. The minimum atomic E-state index is 0.568. The number of hydrogen-bond acceptors (Lipinski definition) is 5. The fourth-order valence-corrected chi connectivity index (χ4v) is 2.39. The molecule has 0 aromatic carbocycles. The zero-order chi connectivity index (χ0) is 12.4. The van der Waals surface area contributed by atoms with Gasteiger partial charge in [-0.1, -0.05) is 6.07 Å². The van der Waals surface area contributed by atoms with Gasteiger partial charge in [0, 0.05) is 6.20 Å². The quantitative estimate of drug-likeness (QED) is 0.723. The fraction of sp³-hybridized carbons (Fsp3) is 0.154. The molecule has 0 fully saturated rings. The molecule has 18 heavy (non-hydrogen) atoms. The summed E-state index contributed by atoms with van der Waals surface area (Å²) < 4.78 is 5.57. The average Bonchev–Trinajstić information content (AvgIpc) is 2.92. The molecular weight excluding hydrogens is 246 g/mol. The molecule has 0 N–H and O–H groups in total. The van der Waals surface area contributed by atoms with Crippen LogP contribution in [0.25, 0.3) is 21.7 Å². The first-order valence-electron chi connectivity index (χ1n) is 5.68. The largest absolute Gasteiger partial charge is 0.476 e. The van der Waals surface area contributed by atoms with Gasteiger partial charge >= 0.3 is 0 Å². The SMILES string of the molecule is CCOc1nc2cccnc2nc1-c1cccs1. The topological polar surface area (TPSA) is 47.9 Å². The first-order chi connectivity index (χ1) is 8.88. The summed E-state index contributed by atoms with van der Waals surface area (Å²) in [5.41, 5.74) is 2.16. The summed E-state index contributed by atoms with van der Waals surface area (Å²) in [6.45, 7) is 2.51. The number of hydrogen-bond donors (Lipinski definition) is 0. The van der Waals surface area contributed by atoms with E-state index in [1.54, 1.807) is 17.5 Å². The second-order valence-corrected chi connectivity index (χ2v) is 4.58. The van der Waals surface area contributed by atoms with Crippen molar-refractivity contribution >= 4 is 22.5 Å². The molecule has 0 spiro atoms. The molecule has 0 atom stereocenters. The van der Waals surface area contributed by atoms with Gasteiger partial charge in [0.05, 0.1) is 11.5 Å². The van der Waals surface area contributed by atoms with Gasteiger partial charge in [-0.25, -0.2) is 15.0 Å². The molecule has 0 radical (unpaired) electrons. The Morgan fingerprint density at radius 2 is 2.17 bits per heavy atom. The van der Waals surface area contributed by atoms with Gasteiger partial charge in [0.15, 0.2) is 5.65 Å². The van der Waals surface area contributed by atoms with Gasteiger partial charge in [0.1, 0.15) is 11.2 Å². The fourth-order valence-electron chi connectivity index (χ4n) is 1.69. The molecular formula is C13H11N3OS. The first kappa shape index (κ1) is 11.1. The predicted octanol–water partition coefficient (Wildman–Crippen LogP) is 3.15. The summed E-state index contributed by atoms with van der Waals surface area (Å²) in [4.78, 5) is 14.3. The van der Waals surface area contributed by atoms with E-state index in [1.807, 2.05) is 36.6 Å². The van der Waals surface area contributed by atoms with Gasteiger partial charge in [-0.3, -0.25) is 0 Å². The van der Waals surface area contributed by atoms with Crippen LogP contribution in [0.15, 0.2) is 35.8 Å². The van der Waals surface area contributed by atoms with E-state index in [1.165, 1.54) is 0 Å². The molecule has 0 bridgehead atoms. The maximum Gasteiger partial charge on any atom is 0.242 e. The third-order valence-corrected chi connectivity index (χ3v) is 3.32. The molecule has 90 valence electrons. The number of thiophene rings is 1. The Morgan fingerprint density at radius 3 is 2.94 bits per heavy atom. The van der Waals surface area contributed by atoms with Crippen molar-refractivity contribution in [1.29, 1.82) is 0 Å². The first-order valence-corrected chi connectivity index (χ1v) is 6.56. The van der Waals surface area contributed by atoms with E-state index in [2.05, 4.69) is 15.0 Å².